The average Bonchev–Trinajstić information content (AvgIpc) is 3.00. The summed E-state index contributed by atoms with van der Waals surface area (Å²) in [6, 6.07) is 15.8. The standard InChI is InChI=1S/C27H37ClN2O/c1-21(2)30-17-12-23-6-9-27(20-25(23)13-18-30)31-19-3-14-29-15-10-24(11-16-29)22-4-7-26(28)8-5-22/h4-9,20-21,24H,3,10-19H2,1-2H3. The van der Waals surface area contributed by atoms with Crippen LogP contribution in [0.1, 0.15) is 55.7 Å². The number of nitrogens with zero attached hydrogens (tertiary/aromatic N) is 2. The van der Waals surface area contributed by atoms with Crippen LogP contribution in [0.25, 0.3) is 0 Å². The molecule has 0 radical (unpaired) electrons. The van der Waals surface area contributed by atoms with Crippen LogP contribution >= 0.6 is 11.6 Å². The van der Waals surface area contributed by atoms with Crippen LogP contribution in [0, 0.1) is 0 Å². The first-order valence-corrected chi connectivity index (χ1v) is 12.4. The third-order valence-electron chi connectivity index (χ3n) is 7.06. The topological polar surface area (TPSA) is 15.7 Å². The highest BCUT2D eigenvalue weighted by atomic mass is 35.5. The number of piperidine rings is 1. The van der Waals surface area contributed by atoms with E-state index in [1.54, 1.807) is 0 Å². The van der Waals surface area contributed by atoms with Crippen molar-refractivity contribution in [3.05, 3.63) is 64.2 Å². The summed E-state index contributed by atoms with van der Waals surface area (Å²) in [5.74, 6) is 1.72. The maximum atomic E-state index is 6.13. The molecule has 2 aromatic rings. The molecule has 1 saturated heterocycles. The maximum Gasteiger partial charge on any atom is 0.119 e. The molecule has 0 bridgehead atoms. The summed E-state index contributed by atoms with van der Waals surface area (Å²) in [6.07, 6.45) is 5.85. The van der Waals surface area contributed by atoms with Crippen LogP contribution in [-0.4, -0.2) is 55.2 Å². The maximum absolute atomic E-state index is 6.13. The predicted octanol–water partition coefficient (Wildman–Crippen LogP) is 5.80. The highest BCUT2D eigenvalue weighted by molar-refractivity contribution is 6.30. The lowest BCUT2D eigenvalue weighted by Gasteiger charge is -2.32. The molecule has 31 heavy (non-hydrogen) atoms. The number of benzene rings is 2. The van der Waals surface area contributed by atoms with Gasteiger partial charge in [-0.1, -0.05) is 29.8 Å². The summed E-state index contributed by atoms with van der Waals surface area (Å²) in [4.78, 5) is 5.17. The molecule has 0 aliphatic carbocycles. The van der Waals surface area contributed by atoms with Gasteiger partial charge >= 0.3 is 0 Å². The molecule has 1 fully saturated rings. The van der Waals surface area contributed by atoms with Crippen LogP contribution in [0.4, 0.5) is 0 Å². The number of hydrogen-bond donors (Lipinski definition) is 0. The first-order valence-electron chi connectivity index (χ1n) is 12.0. The van der Waals surface area contributed by atoms with Crippen molar-refractivity contribution in [2.24, 2.45) is 0 Å². The van der Waals surface area contributed by atoms with Gasteiger partial charge in [-0.25, -0.2) is 0 Å². The van der Waals surface area contributed by atoms with Gasteiger partial charge in [0.1, 0.15) is 5.75 Å². The van der Waals surface area contributed by atoms with E-state index in [9.17, 15) is 0 Å². The fourth-order valence-electron chi connectivity index (χ4n) is 5.03. The molecular weight excluding hydrogens is 404 g/mol. The van der Waals surface area contributed by atoms with Crippen molar-refractivity contribution in [2.75, 3.05) is 39.3 Å². The van der Waals surface area contributed by atoms with E-state index in [-0.39, 0.29) is 0 Å². The van der Waals surface area contributed by atoms with Crippen LogP contribution in [0.3, 0.4) is 0 Å². The van der Waals surface area contributed by atoms with E-state index in [4.69, 9.17) is 16.3 Å². The van der Waals surface area contributed by atoms with E-state index in [0.717, 1.165) is 49.7 Å². The molecule has 0 atom stereocenters. The Bertz CT molecular complexity index is 828. The monoisotopic (exact) mass is 440 g/mol. The van der Waals surface area contributed by atoms with Gasteiger partial charge < -0.3 is 14.5 Å². The third kappa shape index (κ3) is 6.25. The second-order valence-corrected chi connectivity index (χ2v) is 9.87. The van der Waals surface area contributed by atoms with Gasteiger partial charge in [-0.3, -0.25) is 0 Å². The minimum Gasteiger partial charge on any atom is -0.494 e. The molecular formula is C27H37ClN2O. The number of fused-ring (bicyclic) bond motifs is 1. The molecule has 0 spiro atoms. The zero-order valence-electron chi connectivity index (χ0n) is 19.2. The summed E-state index contributed by atoms with van der Waals surface area (Å²) in [7, 11) is 0. The SMILES string of the molecule is CC(C)N1CCc2ccc(OCCCN3CCC(c4ccc(Cl)cc4)CC3)cc2CC1. The van der Waals surface area contributed by atoms with E-state index < -0.39 is 0 Å². The summed E-state index contributed by atoms with van der Waals surface area (Å²) >= 11 is 6.03. The Kier molecular flexibility index (Phi) is 7.92. The minimum atomic E-state index is 0.626. The quantitative estimate of drug-likeness (QED) is 0.506. The fourth-order valence-corrected chi connectivity index (χ4v) is 5.15. The second kappa shape index (κ2) is 10.8. The van der Waals surface area contributed by atoms with Gasteiger partial charge in [0.25, 0.3) is 0 Å². The van der Waals surface area contributed by atoms with Gasteiger partial charge in [-0.15, -0.1) is 0 Å². The Morgan fingerprint density at radius 2 is 1.65 bits per heavy atom. The van der Waals surface area contributed by atoms with Crippen molar-refractivity contribution in [1.29, 1.82) is 0 Å². The van der Waals surface area contributed by atoms with Crippen molar-refractivity contribution < 1.29 is 4.74 Å². The second-order valence-electron chi connectivity index (χ2n) is 9.43. The van der Waals surface area contributed by atoms with Crippen molar-refractivity contribution in [2.45, 2.75) is 57.9 Å². The molecule has 4 heteroatoms. The zero-order chi connectivity index (χ0) is 21.6. The van der Waals surface area contributed by atoms with Crippen molar-refractivity contribution >= 4 is 11.6 Å². The number of rotatable bonds is 7. The largest absolute Gasteiger partial charge is 0.494 e. The lowest BCUT2D eigenvalue weighted by Crippen LogP contribution is -2.34. The molecule has 0 saturated carbocycles. The third-order valence-corrected chi connectivity index (χ3v) is 7.31. The van der Waals surface area contributed by atoms with Gasteiger partial charge in [0, 0.05) is 30.7 Å². The Morgan fingerprint density at radius 3 is 2.35 bits per heavy atom. The molecule has 4 rings (SSSR count). The zero-order valence-corrected chi connectivity index (χ0v) is 19.9. The number of halogens is 1. The fraction of sp³-hybridized carbons (Fsp3) is 0.556. The van der Waals surface area contributed by atoms with Gasteiger partial charge in [0.2, 0.25) is 0 Å². The van der Waals surface area contributed by atoms with Crippen molar-refractivity contribution in [1.82, 2.24) is 9.80 Å². The van der Waals surface area contributed by atoms with Crippen molar-refractivity contribution in [3.8, 4) is 5.75 Å². The van der Waals surface area contributed by atoms with E-state index in [1.807, 2.05) is 12.1 Å². The summed E-state index contributed by atoms with van der Waals surface area (Å²) in [5, 5.41) is 0.827. The Hall–Kier alpha value is -1.55. The van der Waals surface area contributed by atoms with Crippen LogP contribution < -0.4 is 4.74 Å². The smallest absolute Gasteiger partial charge is 0.119 e. The lowest BCUT2D eigenvalue weighted by atomic mass is 9.89. The summed E-state index contributed by atoms with van der Waals surface area (Å²) in [6.45, 7) is 11.2. The van der Waals surface area contributed by atoms with Crippen LogP contribution in [-0.2, 0) is 12.8 Å². The van der Waals surface area contributed by atoms with E-state index in [0.29, 0.717) is 12.0 Å². The summed E-state index contributed by atoms with van der Waals surface area (Å²) < 4.78 is 6.13. The predicted molar refractivity (Wildman–Crippen MR) is 131 cm³/mol. The molecule has 2 aliphatic rings. The first-order chi connectivity index (χ1) is 15.1. The molecule has 2 aromatic carbocycles. The lowest BCUT2D eigenvalue weighted by molar-refractivity contribution is 0.193. The van der Waals surface area contributed by atoms with Gasteiger partial charge in [-0.2, -0.15) is 0 Å². The highest BCUT2D eigenvalue weighted by Gasteiger charge is 2.20. The Morgan fingerprint density at radius 1 is 0.935 bits per heavy atom. The summed E-state index contributed by atoms with van der Waals surface area (Å²) in [5.41, 5.74) is 4.41. The van der Waals surface area contributed by atoms with E-state index in [2.05, 4.69) is 54.0 Å². The first kappa shape index (κ1) is 22.6. The normalized spacial score (nSPS) is 18.7. The molecule has 2 aliphatic heterocycles. The highest BCUT2D eigenvalue weighted by Crippen LogP contribution is 2.29. The number of likely N-dealkylation sites (tertiary alicyclic amines) is 1. The molecule has 0 amide bonds. The van der Waals surface area contributed by atoms with Crippen LogP contribution in [0.2, 0.25) is 5.02 Å². The van der Waals surface area contributed by atoms with Crippen LogP contribution in [0.15, 0.2) is 42.5 Å². The number of ether oxygens (including phenoxy) is 1. The molecule has 0 unspecified atom stereocenters. The van der Waals surface area contributed by atoms with Gasteiger partial charge in [-0.05, 0) is 106 Å². The molecule has 0 N–H and O–H groups in total. The average molecular weight is 441 g/mol. The number of hydrogen-bond acceptors (Lipinski definition) is 3. The van der Waals surface area contributed by atoms with Crippen molar-refractivity contribution in [3.63, 3.8) is 0 Å². The van der Waals surface area contributed by atoms with Crippen LogP contribution in [0.5, 0.6) is 5.75 Å². The van der Waals surface area contributed by atoms with Gasteiger partial charge in [0.05, 0.1) is 6.61 Å². The molecule has 3 nitrogen and oxygen atoms in total. The minimum absolute atomic E-state index is 0.626. The Balaban J connectivity index is 1.18. The van der Waals surface area contributed by atoms with E-state index >= 15 is 0 Å². The Labute approximate surface area is 193 Å². The molecule has 168 valence electrons. The van der Waals surface area contributed by atoms with E-state index in [1.165, 1.54) is 49.2 Å². The van der Waals surface area contributed by atoms with Gasteiger partial charge in [0.15, 0.2) is 0 Å². The molecule has 2 heterocycles. The molecule has 0 aromatic heterocycles.